The van der Waals surface area contributed by atoms with Crippen LogP contribution >= 0.6 is 35.0 Å². The molecule has 0 atom stereocenters. The Morgan fingerprint density at radius 3 is 2.63 bits per heavy atom. The second-order valence-corrected chi connectivity index (χ2v) is 7.46. The number of urea groups is 1. The summed E-state index contributed by atoms with van der Waals surface area (Å²) in [6.45, 7) is 0.508. The smallest absolute Gasteiger partial charge is 0.322 e. The van der Waals surface area contributed by atoms with Crippen LogP contribution in [0.2, 0.25) is 10.0 Å². The molecule has 0 unspecified atom stereocenters. The molecule has 2 aromatic rings. The molecule has 0 aliphatic carbocycles. The minimum atomic E-state index is -2.54. The number of carbonyl (C=O) groups excluding carboxylic acids is 1. The van der Waals surface area contributed by atoms with Crippen molar-refractivity contribution >= 4 is 46.7 Å². The molecule has 27 heavy (non-hydrogen) atoms. The van der Waals surface area contributed by atoms with E-state index >= 15 is 0 Å². The molecule has 0 fully saturated rings. The Morgan fingerprint density at radius 2 is 1.96 bits per heavy atom. The average molecular weight is 435 g/mol. The molecule has 0 aliphatic rings. The third-order valence-corrected chi connectivity index (χ3v) is 4.98. The second kappa shape index (κ2) is 10.7. The lowest BCUT2D eigenvalue weighted by Gasteiger charge is -2.23. The predicted octanol–water partition coefficient (Wildman–Crippen LogP) is 5.72. The van der Waals surface area contributed by atoms with Crippen LogP contribution in [-0.2, 0) is 6.54 Å². The molecule has 9 heteroatoms. The first-order valence-electron chi connectivity index (χ1n) is 8.04. The van der Waals surface area contributed by atoms with Crippen molar-refractivity contribution in [2.75, 3.05) is 18.5 Å². The van der Waals surface area contributed by atoms with Gasteiger partial charge in [0.15, 0.2) is 0 Å². The van der Waals surface area contributed by atoms with E-state index in [2.05, 4.69) is 5.32 Å². The van der Waals surface area contributed by atoms with Crippen LogP contribution < -0.4 is 5.32 Å². The molecule has 0 saturated heterocycles. The molecule has 2 aromatic carbocycles. The van der Waals surface area contributed by atoms with Gasteiger partial charge in [-0.1, -0.05) is 47.1 Å². The highest BCUT2D eigenvalue weighted by molar-refractivity contribution is 7.99. The summed E-state index contributed by atoms with van der Waals surface area (Å²) in [5.41, 5.74) is 1.19. The number of hydrogen-bond acceptors (Lipinski definition) is 3. The van der Waals surface area contributed by atoms with Crippen LogP contribution in [0.3, 0.4) is 0 Å². The van der Waals surface area contributed by atoms with Gasteiger partial charge in [-0.05, 0) is 42.3 Å². The van der Waals surface area contributed by atoms with Crippen LogP contribution in [0.5, 0.6) is 0 Å². The zero-order valence-corrected chi connectivity index (χ0v) is 16.5. The Bertz CT molecular complexity index is 781. The van der Waals surface area contributed by atoms with Crippen molar-refractivity contribution in [2.24, 2.45) is 0 Å². The highest BCUT2D eigenvalue weighted by Gasteiger charge is 2.15. The van der Waals surface area contributed by atoms with E-state index in [-0.39, 0.29) is 13.2 Å². The number of nitrogens with zero attached hydrogens (tertiary/aromatic N) is 1. The number of benzene rings is 2. The number of carbonyl (C=O) groups is 1. The standard InChI is InChI=1S/C18H18Cl2F2N2O2S/c19-15-6-5-12(9-16(15)20)11-24(7-2-8-25)18(26)23-13-3-1-4-14(10-13)27-17(21)22/h1,3-6,9-10,17,25H,2,7-8,11H2,(H,23,26). The first kappa shape index (κ1) is 21.8. The van der Waals surface area contributed by atoms with E-state index in [1.807, 2.05) is 0 Å². The second-order valence-electron chi connectivity index (χ2n) is 5.58. The van der Waals surface area contributed by atoms with E-state index in [1.54, 1.807) is 36.4 Å². The Kier molecular flexibility index (Phi) is 8.63. The topological polar surface area (TPSA) is 52.6 Å². The largest absolute Gasteiger partial charge is 0.396 e. The van der Waals surface area contributed by atoms with E-state index in [4.69, 9.17) is 28.3 Å². The summed E-state index contributed by atoms with van der Waals surface area (Å²) in [5, 5.41) is 12.6. The number of aliphatic hydroxyl groups excluding tert-OH is 1. The fraction of sp³-hybridized carbons (Fsp3) is 0.278. The van der Waals surface area contributed by atoms with E-state index in [1.165, 1.54) is 11.0 Å². The van der Waals surface area contributed by atoms with Crippen molar-refractivity contribution < 1.29 is 18.7 Å². The highest BCUT2D eigenvalue weighted by atomic mass is 35.5. The maximum atomic E-state index is 12.6. The summed E-state index contributed by atoms with van der Waals surface area (Å²) in [6.07, 6.45) is 0.399. The first-order valence-corrected chi connectivity index (χ1v) is 9.68. The van der Waals surface area contributed by atoms with Crippen molar-refractivity contribution in [3.8, 4) is 0 Å². The SMILES string of the molecule is O=C(Nc1cccc(SC(F)F)c1)N(CCCO)Cc1ccc(Cl)c(Cl)c1. The lowest BCUT2D eigenvalue weighted by Crippen LogP contribution is -2.35. The highest BCUT2D eigenvalue weighted by Crippen LogP contribution is 2.27. The van der Waals surface area contributed by atoms with E-state index in [9.17, 15) is 13.6 Å². The minimum absolute atomic E-state index is 0.0638. The van der Waals surface area contributed by atoms with Crippen molar-refractivity contribution in [3.63, 3.8) is 0 Å². The van der Waals surface area contributed by atoms with Gasteiger partial charge in [-0.2, -0.15) is 8.78 Å². The summed E-state index contributed by atoms with van der Waals surface area (Å²) < 4.78 is 25.0. The normalized spacial score (nSPS) is 10.9. The van der Waals surface area contributed by atoms with E-state index in [0.29, 0.717) is 45.4 Å². The molecule has 2 rings (SSSR count). The van der Waals surface area contributed by atoms with Gasteiger partial charge < -0.3 is 15.3 Å². The number of rotatable bonds is 8. The molecule has 0 radical (unpaired) electrons. The Hall–Kier alpha value is -1.54. The van der Waals surface area contributed by atoms with Crippen LogP contribution in [-0.4, -0.2) is 34.9 Å². The molecule has 0 aromatic heterocycles. The number of nitrogens with one attached hydrogen (secondary N) is 1. The lowest BCUT2D eigenvalue weighted by atomic mass is 10.2. The van der Waals surface area contributed by atoms with Gasteiger partial charge in [0.25, 0.3) is 5.76 Å². The predicted molar refractivity (Wildman–Crippen MR) is 106 cm³/mol. The molecule has 0 aliphatic heterocycles. The van der Waals surface area contributed by atoms with Crippen molar-refractivity contribution in [3.05, 3.63) is 58.1 Å². The molecule has 0 spiro atoms. The number of aliphatic hydroxyl groups is 1. The van der Waals surface area contributed by atoms with Crippen molar-refractivity contribution in [1.82, 2.24) is 4.90 Å². The zero-order valence-electron chi connectivity index (χ0n) is 14.2. The van der Waals surface area contributed by atoms with Gasteiger partial charge in [-0.3, -0.25) is 0 Å². The number of alkyl halides is 2. The van der Waals surface area contributed by atoms with E-state index in [0.717, 1.165) is 5.56 Å². The summed E-state index contributed by atoms with van der Waals surface area (Å²) >= 11 is 12.3. The number of amides is 2. The fourth-order valence-corrected chi connectivity index (χ4v) is 3.20. The molecule has 0 bridgehead atoms. The van der Waals surface area contributed by atoms with Gasteiger partial charge in [0.1, 0.15) is 0 Å². The molecular formula is C18H18Cl2F2N2O2S. The lowest BCUT2D eigenvalue weighted by molar-refractivity contribution is 0.199. The molecule has 0 heterocycles. The fourth-order valence-electron chi connectivity index (χ4n) is 2.32. The number of hydrogen-bond donors (Lipinski definition) is 2. The van der Waals surface area contributed by atoms with Crippen LogP contribution in [0, 0.1) is 0 Å². The summed E-state index contributed by atoms with van der Waals surface area (Å²) in [7, 11) is 0. The van der Waals surface area contributed by atoms with E-state index < -0.39 is 11.8 Å². The van der Waals surface area contributed by atoms with Crippen LogP contribution in [0.15, 0.2) is 47.4 Å². The molecule has 4 nitrogen and oxygen atoms in total. The first-order chi connectivity index (χ1) is 12.9. The van der Waals surface area contributed by atoms with Gasteiger partial charge >= 0.3 is 6.03 Å². The number of halogens is 4. The van der Waals surface area contributed by atoms with Crippen LogP contribution in [0.4, 0.5) is 19.3 Å². The summed E-state index contributed by atoms with van der Waals surface area (Å²) in [5.74, 6) is -2.54. The van der Waals surface area contributed by atoms with Gasteiger partial charge in [-0.15, -0.1) is 0 Å². The zero-order chi connectivity index (χ0) is 19.8. The third-order valence-electron chi connectivity index (χ3n) is 3.54. The minimum Gasteiger partial charge on any atom is -0.396 e. The van der Waals surface area contributed by atoms with Gasteiger partial charge in [-0.25, -0.2) is 4.79 Å². The monoisotopic (exact) mass is 434 g/mol. The van der Waals surface area contributed by atoms with Gasteiger partial charge in [0.05, 0.1) is 10.0 Å². The third kappa shape index (κ3) is 7.18. The Balaban J connectivity index is 2.10. The van der Waals surface area contributed by atoms with Crippen molar-refractivity contribution in [1.29, 1.82) is 0 Å². The summed E-state index contributed by atoms with van der Waals surface area (Å²) in [4.78, 5) is 14.5. The molecular weight excluding hydrogens is 417 g/mol. The quantitative estimate of drug-likeness (QED) is 0.521. The Labute approximate surface area is 170 Å². The number of thioether (sulfide) groups is 1. The maximum Gasteiger partial charge on any atom is 0.322 e. The molecule has 0 saturated carbocycles. The molecule has 146 valence electrons. The van der Waals surface area contributed by atoms with Crippen molar-refractivity contribution in [2.45, 2.75) is 23.6 Å². The van der Waals surface area contributed by atoms with Gasteiger partial charge in [0, 0.05) is 30.3 Å². The number of anilines is 1. The van der Waals surface area contributed by atoms with Crippen LogP contribution in [0.25, 0.3) is 0 Å². The average Bonchev–Trinajstić information content (AvgIpc) is 2.61. The Morgan fingerprint density at radius 1 is 1.19 bits per heavy atom. The molecule has 2 amide bonds. The summed E-state index contributed by atoms with van der Waals surface area (Å²) in [6, 6.07) is 10.9. The maximum absolute atomic E-state index is 12.6. The molecule has 2 N–H and O–H groups in total. The van der Waals surface area contributed by atoms with Gasteiger partial charge in [0.2, 0.25) is 0 Å². The van der Waals surface area contributed by atoms with Crippen LogP contribution in [0.1, 0.15) is 12.0 Å².